The average molecular weight is 608 g/mol. The van der Waals surface area contributed by atoms with Crippen molar-refractivity contribution in [1.82, 2.24) is 15.0 Å². The fourth-order valence-electron chi connectivity index (χ4n) is 3.49. The minimum Gasteiger partial charge on any atom is -0.255 e. The molecule has 0 N–H and O–H groups in total. The summed E-state index contributed by atoms with van der Waals surface area (Å²) in [5.74, 6) is -3.37. The van der Waals surface area contributed by atoms with Gasteiger partial charge < -0.3 is 0 Å². The summed E-state index contributed by atoms with van der Waals surface area (Å²) in [6, 6.07) is 6.66. The van der Waals surface area contributed by atoms with E-state index >= 15 is 0 Å². The van der Waals surface area contributed by atoms with Gasteiger partial charge in [-0.1, -0.05) is 64.1 Å². The minimum atomic E-state index is -0.893. The Bertz CT molecular complexity index is 1700. The Morgan fingerprint density at radius 2 is 1.14 bits per heavy atom. The predicted octanol–water partition coefficient (Wildman–Crippen LogP) is 9.97. The van der Waals surface area contributed by atoms with Gasteiger partial charge in [-0.3, -0.25) is 4.98 Å². The minimum absolute atomic E-state index is 0.00887. The van der Waals surface area contributed by atoms with Gasteiger partial charge in [0.05, 0.1) is 43.2 Å². The molecular formula is C25H12Cl5F4N3. The van der Waals surface area contributed by atoms with Gasteiger partial charge in [0.25, 0.3) is 0 Å². The van der Waals surface area contributed by atoms with E-state index in [9.17, 15) is 17.6 Å². The Labute approximate surface area is 232 Å². The molecule has 37 heavy (non-hydrogen) atoms. The number of pyridine rings is 3. The van der Waals surface area contributed by atoms with Crippen LogP contribution in [0.5, 0.6) is 0 Å². The molecule has 0 fully saturated rings. The molecule has 0 spiro atoms. The smallest absolute Gasteiger partial charge is 0.146 e. The number of hydrogen-bond acceptors (Lipinski definition) is 3. The molecule has 0 amide bonds. The number of benzene rings is 2. The lowest BCUT2D eigenvalue weighted by Crippen LogP contribution is -1.97. The number of fused-ring (bicyclic) bond motifs is 2. The molecule has 0 radical (unpaired) electrons. The van der Waals surface area contributed by atoms with Crippen LogP contribution in [0.2, 0.25) is 25.2 Å². The third-order valence-electron chi connectivity index (χ3n) is 5.40. The van der Waals surface area contributed by atoms with Crippen LogP contribution in [0.15, 0.2) is 36.5 Å². The van der Waals surface area contributed by atoms with E-state index in [1.54, 1.807) is 38.2 Å². The van der Waals surface area contributed by atoms with Gasteiger partial charge in [-0.05, 0) is 31.5 Å². The van der Waals surface area contributed by atoms with Crippen LogP contribution in [0, 0.1) is 37.1 Å². The van der Waals surface area contributed by atoms with E-state index in [0.717, 1.165) is 0 Å². The Balaban J connectivity index is 0.000000180. The Kier molecular flexibility index (Phi) is 8.02. The largest absolute Gasteiger partial charge is 0.255 e. The van der Waals surface area contributed by atoms with Crippen molar-refractivity contribution in [3.63, 3.8) is 0 Å². The maximum atomic E-state index is 14.0. The molecule has 0 saturated heterocycles. The van der Waals surface area contributed by atoms with E-state index in [-0.39, 0.29) is 47.0 Å². The quantitative estimate of drug-likeness (QED) is 0.108. The highest BCUT2D eigenvalue weighted by Gasteiger charge is 2.20. The van der Waals surface area contributed by atoms with Gasteiger partial charge >= 0.3 is 0 Å². The third kappa shape index (κ3) is 5.03. The molecule has 190 valence electrons. The molecule has 0 atom stereocenters. The van der Waals surface area contributed by atoms with Crippen LogP contribution in [-0.4, -0.2) is 15.0 Å². The molecular weight excluding hydrogens is 596 g/mol. The number of halogens is 9. The van der Waals surface area contributed by atoms with Crippen LogP contribution < -0.4 is 0 Å². The van der Waals surface area contributed by atoms with Crippen LogP contribution in [0.4, 0.5) is 17.6 Å². The molecule has 0 bridgehead atoms. The van der Waals surface area contributed by atoms with Crippen LogP contribution in [-0.2, 0) is 0 Å². The number of rotatable bonds is 1. The molecule has 3 heterocycles. The van der Waals surface area contributed by atoms with Crippen LogP contribution in [0.3, 0.4) is 0 Å². The second kappa shape index (κ2) is 10.8. The van der Waals surface area contributed by atoms with E-state index in [2.05, 4.69) is 15.0 Å². The summed E-state index contributed by atoms with van der Waals surface area (Å²) in [5.41, 5.74) is 1.91. The van der Waals surface area contributed by atoms with Crippen molar-refractivity contribution in [1.29, 1.82) is 0 Å². The molecule has 0 aliphatic heterocycles. The SMILES string of the molecule is Cc1c(-c2ccccn2)nc2c(Cl)c(F)cc(F)c2c1Cl.Cc1c(Cl)nc2c(Cl)c(F)cc(F)c2c1Cl. The third-order valence-corrected chi connectivity index (χ3v) is 7.43. The lowest BCUT2D eigenvalue weighted by molar-refractivity contribution is 0.591. The maximum Gasteiger partial charge on any atom is 0.146 e. The molecule has 0 aliphatic rings. The van der Waals surface area contributed by atoms with E-state index in [1.807, 2.05) is 0 Å². The maximum absolute atomic E-state index is 14.0. The first-order valence-corrected chi connectivity index (χ1v) is 12.2. The lowest BCUT2D eigenvalue weighted by Gasteiger charge is -2.11. The first-order chi connectivity index (χ1) is 17.4. The Morgan fingerprint density at radius 1 is 0.622 bits per heavy atom. The zero-order chi connectivity index (χ0) is 27.2. The fraction of sp³-hybridized carbons (Fsp3) is 0.0800. The molecule has 5 rings (SSSR count). The van der Waals surface area contributed by atoms with E-state index in [1.165, 1.54) is 0 Å². The highest BCUT2D eigenvalue weighted by Crippen LogP contribution is 2.38. The van der Waals surface area contributed by atoms with Crippen LogP contribution in [0.1, 0.15) is 11.1 Å². The van der Waals surface area contributed by atoms with Crippen molar-refractivity contribution in [3.05, 3.63) is 96.2 Å². The Hall–Kier alpha value is -2.42. The summed E-state index contributed by atoms with van der Waals surface area (Å²) >= 11 is 29.5. The lowest BCUT2D eigenvalue weighted by atomic mass is 10.1. The van der Waals surface area contributed by atoms with Gasteiger partial charge in [0, 0.05) is 23.9 Å². The summed E-state index contributed by atoms with van der Waals surface area (Å²) in [5, 5.41) is -0.236. The van der Waals surface area contributed by atoms with Gasteiger partial charge in [-0.2, -0.15) is 0 Å². The number of aromatic nitrogens is 3. The second-order valence-electron chi connectivity index (χ2n) is 7.71. The number of hydrogen-bond donors (Lipinski definition) is 0. The van der Waals surface area contributed by atoms with Crippen LogP contribution in [0.25, 0.3) is 33.2 Å². The Morgan fingerprint density at radius 3 is 1.65 bits per heavy atom. The normalized spacial score (nSPS) is 11.1. The molecule has 5 aromatic rings. The molecule has 0 aliphatic carbocycles. The predicted molar refractivity (Wildman–Crippen MR) is 141 cm³/mol. The van der Waals surface area contributed by atoms with Gasteiger partial charge in [0.2, 0.25) is 0 Å². The van der Waals surface area contributed by atoms with Crippen molar-refractivity contribution >= 4 is 79.8 Å². The number of nitrogens with zero attached hydrogens (tertiary/aromatic N) is 3. The molecule has 12 heteroatoms. The van der Waals surface area contributed by atoms with Crippen molar-refractivity contribution < 1.29 is 17.6 Å². The summed E-state index contributed by atoms with van der Waals surface area (Å²) in [6.07, 6.45) is 1.60. The average Bonchev–Trinajstić information content (AvgIpc) is 2.86. The monoisotopic (exact) mass is 605 g/mol. The van der Waals surface area contributed by atoms with Crippen molar-refractivity contribution in [3.8, 4) is 11.4 Å². The summed E-state index contributed by atoms with van der Waals surface area (Å²) < 4.78 is 54.3. The summed E-state index contributed by atoms with van der Waals surface area (Å²) in [6.45, 7) is 3.29. The van der Waals surface area contributed by atoms with Crippen LogP contribution >= 0.6 is 58.0 Å². The van der Waals surface area contributed by atoms with Crippen molar-refractivity contribution in [2.75, 3.05) is 0 Å². The van der Waals surface area contributed by atoms with E-state index in [0.29, 0.717) is 34.6 Å². The molecule has 0 saturated carbocycles. The molecule has 3 aromatic heterocycles. The van der Waals surface area contributed by atoms with E-state index in [4.69, 9.17) is 58.0 Å². The van der Waals surface area contributed by atoms with Gasteiger partial charge in [-0.15, -0.1) is 0 Å². The molecule has 2 aromatic carbocycles. The van der Waals surface area contributed by atoms with Gasteiger partial charge in [-0.25, -0.2) is 27.5 Å². The first-order valence-electron chi connectivity index (χ1n) is 10.3. The van der Waals surface area contributed by atoms with Gasteiger partial charge in [0.1, 0.15) is 38.5 Å². The van der Waals surface area contributed by atoms with Crippen molar-refractivity contribution in [2.24, 2.45) is 0 Å². The highest BCUT2D eigenvalue weighted by molar-refractivity contribution is 6.42. The zero-order valence-electron chi connectivity index (χ0n) is 18.7. The van der Waals surface area contributed by atoms with Crippen molar-refractivity contribution in [2.45, 2.75) is 13.8 Å². The molecule has 3 nitrogen and oxygen atoms in total. The zero-order valence-corrected chi connectivity index (χ0v) is 22.5. The topological polar surface area (TPSA) is 38.7 Å². The highest BCUT2D eigenvalue weighted by atomic mass is 35.5. The molecule has 0 unspecified atom stereocenters. The summed E-state index contributed by atoms with van der Waals surface area (Å²) in [4.78, 5) is 12.3. The van der Waals surface area contributed by atoms with E-state index < -0.39 is 23.3 Å². The fourth-order valence-corrected chi connectivity index (χ4v) is 4.64. The standard InChI is InChI=1S/C15H8Cl2F2N2.C10H4Cl3F2N/c1-7-12(16)11-8(18)6-9(19)13(17)15(11)21-14(7)10-4-2-3-5-20-10;1-3-7(11)6-4(14)2-5(15)8(12)9(6)16-10(3)13/h2-6H,1H3;2H,1H3. The summed E-state index contributed by atoms with van der Waals surface area (Å²) in [7, 11) is 0. The first kappa shape index (κ1) is 27.6. The second-order valence-corrected chi connectivity index (χ2v) is 9.58. The van der Waals surface area contributed by atoms with Gasteiger partial charge in [0.15, 0.2) is 0 Å².